The minimum atomic E-state index is -0.467. The number of nitrogens with one attached hydrogen (secondary N) is 1. The quantitative estimate of drug-likeness (QED) is 0.859. The number of carbonyl (C=O) groups excluding carboxylic acids is 1. The lowest BCUT2D eigenvalue weighted by Crippen LogP contribution is -2.38. The standard InChI is InChI=1S/C17H18FNO2/c1-12(17(20)21-2)19-16(13-6-4-3-5-7-13)14-8-10-15(18)11-9-14/h3-12,16,19H,1-2H3. The van der Waals surface area contributed by atoms with E-state index in [0.29, 0.717) is 0 Å². The molecule has 3 nitrogen and oxygen atoms in total. The molecule has 0 aliphatic carbocycles. The van der Waals surface area contributed by atoms with Gasteiger partial charge in [-0.25, -0.2) is 4.39 Å². The Hall–Kier alpha value is -2.20. The highest BCUT2D eigenvalue weighted by Crippen LogP contribution is 2.23. The van der Waals surface area contributed by atoms with Gasteiger partial charge in [0.1, 0.15) is 11.9 Å². The topological polar surface area (TPSA) is 38.3 Å². The van der Waals surface area contributed by atoms with Crippen molar-refractivity contribution < 1.29 is 13.9 Å². The summed E-state index contributed by atoms with van der Waals surface area (Å²) in [6.45, 7) is 1.74. The van der Waals surface area contributed by atoms with Crippen molar-refractivity contribution in [1.82, 2.24) is 5.32 Å². The van der Waals surface area contributed by atoms with Gasteiger partial charge in [-0.15, -0.1) is 0 Å². The molecule has 0 aliphatic heterocycles. The maximum atomic E-state index is 13.1. The van der Waals surface area contributed by atoms with Crippen LogP contribution in [0.3, 0.4) is 0 Å². The molecule has 0 aliphatic rings. The molecule has 2 aromatic rings. The third-order valence-electron chi connectivity index (χ3n) is 3.31. The molecule has 1 N–H and O–H groups in total. The number of rotatable bonds is 5. The second kappa shape index (κ2) is 6.99. The first kappa shape index (κ1) is 15.2. The molecule has 0 spiro atoms. The fourth-order valence-electron chi connectivity index (χ4n) is 2.18. The lowest BCUT2D eigenvalue weighted by Gasteiger charge is -2.23. The highest BCUT2D eigenvalue weighted by atomic mass is 19.1. The van der Waals surface area contributed by atoms with Gasteiger partial charge in [-0.05, 0) is 30.2 Å². The van der Waals surface area contributed by atoms with E-state index in [1.165, 1.54) is 19.2 Å². The minimum Gasteiger partial charge on any atom is -0.468 e. The summed E-state index contributed by atoms with van der Waals surface area (Å²) in [7, 11) is 1.36. The maximum Gasteiger partial charge on any atom is 0.322 e. The summed E-state index contributed by atoms with van der Waals surface area (Å²) in [6, 6.07) is 15.3. The van der Waals surface area contributed by atoms with Crippen molar-refractivity contribution in [2.75, 3.05) is 7.11 Å². The number of carbonyl (C=O) groups is 1. The van der Waals surface area contributed by atoms with Crippen LogP contribution in [0, 0.1) is 5.82 Å². The lowest BCUT2D eigenvalue weighted by molar-refractivity contribution is -0.142. The number of benzene rings is 2. The molecule has 0 fully saturated rings. The fourth-order valence-corrected chi connectivity index (χ4v) is 2.18. The van der Waals surface area contributed by atoms with Crippen LogP contribution in [0.25, 0.3) is 0 Å². The molecule has 0 aromatic heterocycles. The predicted octanol–water partition coefficient (Wildman–Crippen LogP) is 3.07. The molecule has 0 heterocycles. The van der Waals surface area contributed by atoms with Gasteiger partial charge in [0, 0.05) is 0 Å². The summed E-state index contributed by atoms with van der Waals surface area (Å²) in [6.07, 6.45) is 0. The molecule has 2 aromatic carbocycles. The largest absolute Gasteiger partial charge is 0.468 e. The van der Waals surface area contributed by atoms with Crippen LogP contribution in [-0.2, 0) is 9.53 Å². The number of hydrogen-bond donors (Lipinski definition) is 1. The second-order valence-corrected chi connectivity index (χ2v) is 4.81. The van der Waals surface area contributed by atoms with E-state index < -0.39 is 6.04 Å². The van der Waals surface area contributed by atoms with Crippen molar-refractivity contribution in [2.45, 2.75) is 19.0 Å². The average Bonchev–Trinajstić information content (AvgIpc) is 2.53. The zero-order valence-electron chi connectivity index (χ0n) is 12.0. The Morgan fingerprint density at radius 3 is 2.19 bits per heavy atom. The molecule has 4 heteroatoms. The van der Waals surface area contributed by atoms with Crippen LogP contribution in [0.5, 0.6) is 0 Å². The Morgan fingerprint density at radius 1 is 1.05 bits per heavy atom. The Morgan fingerprint density at radius 2 is 1.62 bits per heavy atom. The highest BCUT2D eigenvalue weighted by Gasteiger charge is 2.21. The highest BCUT2D eigenvalue weighted by molar-refractivity contribution is 5.75. The van der Waals surface area contributed by atoms with Crippen molar-refractivity contribution in [2.24, 2.45) is 0 Å². The molecule has 0 radical (unpaired) electrons. The third-order valence-corrected chi connectivity index (χ3v) is 3.31. The van der Waals surface area contributed by atoms with Crippen molar-refractivity contribution in [1.29, 1.82) is 0 Å². The zero-order chi connectivity index (χ0) is 15.2. The van der Waals surface area contributed by atoms with Crippen LogP contribution >= 0.6 is 0 Å². The summed E-state index contributed by atoms with van der Waals surface area (Å²) in [5, 5.41) is 3.22. The van der Waals surface area contributed by atoms with Crippen molar-refractivity contribution in [3.63, 3.8) is 0 Å². The molecule has 2 unspecified atom stereocenters. The maximum absolute atomic E-state index is 13.1. The van der Waals surface area contributed by atoms with Gasteiger partial charge in [0.2, 0.25) is 0 Å². The molecule has 21 heavy (non-hydrogen) atoms. The van der Waals surface area contributed by atoms with Gasteiger partial charge in [-0.1, -0.05) is 42.5 Å². The molecule has 0 saturated carbocycles. The summed E-state index contributed by atoms with van der Waals surface area (Å²) in [5.41, 5.74) is 1.89. The monoisotopic (exact) mass is 287 g/mol. The van der Waals surface area contributed by atoms with Gasteiger partial charge in [-0.3, -0.25) is 10.1 Å². The molecule has 2 rings (SSSR count). The van der Waals surface area contributed by atoms with Gasteiger partial charge in [0.05, 0.1) is 13.2 Å². The first-order chi connectivity index (χ1) is 10.1. The molecule has 0 bridgehead atoms. The van der Waals surface area contributed by atoms with Crippen LogP contribution in [0.1, 0.15) is 24.1 Å². The van der Waals surface area contributed by atoms with Crippen molar-refractivity contribution >= 4 is 5.97 Å². The van der Waals surface area contributed by atoms with Gasteiger partial charge < -0.3 is 4.74 Å². The van der Waals surface area contributed by atoms with Crippen LogP contribution in [0.15, 0.2) is 54.6 Å². The summed E-state index contributed by atoms with van der Waals surface area (Å²) < 4.78 is 17.8. The van der Waals surface area contributed by atoms with E-state index in [1.807, 2.05) is 30.3 Å². The van der Waals surface area contributed by atoms with E-state index in [2.05, 4.69) is 5.32 Å². The van der Waals surface area contributed by atoms with Crippen molar-refractivity contribution in [3.8, 4) is 0 Å². The van der Waals surface area contributed by atoms with Gasteiger partial charge >= 0.3 is 5.97 Å². The van der Waals surface area contributed by atoms with E-state index in [-0.39, 0.29) is 17.8 Å². The predicted molar refractivity (Wildman–Crippen MR) is 79.3 cm³/mol. The number of halogens is 1. The number of esters is 1. The van der Waals surface area contributed by atoms with Crippen LogP contribution < -0.4 is 5.32 Å². The normalized spacial score (nSPS) is 13.5. The van der Waals surface area contributed by atoms with E-state index in [0.717, 1.165) is 11.1 Å². The number of methoxy groups -OCH3 is 1. The smallest absolute Gasteiger partial charge is 0.322 e. The third kappa shape index (κ3) is 3.89. The summed E-state index contributed by atoms with van der Waals surface area (Å²) in [4.78, 5) is 11.6. The van der Waals surface area contributed by atoms with Crippen LogP contribution in [0.2, 0.25) is 0 Å². The number of ether oxygens (including phenoxy) is 1. The molecular formula is C17H18FNO2. The Balaban J connectivity index is 2.31. The Kier molecular flexibility index (Phi) is 5.06. The minimum absolute atomic E-state index is 0.208. The van der Waals surface area contributed by atoms with Crippen LogP contribution in [0.4, 0.5) is 4.39 Å². The fraction of sp³-hybridized carbons (Fsp3) is 0.235. The Labute approximate surface area is 123 Å². The molecule has 110 valence electrons. The lowest BCUT2D eigenvalue weighted by atomic mass is 9.98. The summed E-state index contributed by atoms with van der Waals surface area (Å²) >= 11 is 0. The average molecular weight is 287 g/mol. The van der Waals surface area contributed by atoms with E-state index >= 15 is 0 Å². The summed E-state index contributed by atoms with van der Waals surface area (Å²) in [5.74, 6) is -0.621. The van der Waals surface area contributed by atoms with Gasteiger partial charge in [0.25, 0.3) is 0 Å². The Bertz CT molecular complexity index is 583. The van der Waals surface area contributed by atoms with E-state index in [4.69, 9.17) is 4.74 Å². The van der Waals surface area contributed by atoms with Crippen LogP contribution in [-0.4, -0.2) is 19.1 Å². The first-order valence-electron chi connectivity index (χ1n) is 6.76. The second-order valence-electron chi connectivity index (χ2n) is 4.81. The van der Waals surface area contributed by atoms with E-state index in [1.54, 1.807) is 19.1 Å². The van der Waals surface area contributed by atoms with Gasteiger partial charge in [-0.2, -0.15) is 0 Å². The SMILES string of the molecule is COC(=O)C(C)NC(c1ccccc1)c1ccc(F)cc1. The number of hydrogen-bond acceptors (Lipinski definition) is 3. The van der Waals surface area contributed by atoms with E-state index in [9.17, 15) is 9.18 Å². The van der Waals surface area contributed by atoms with Gasteiger partial charge in [0.15, 0.2) is 0 Å². The molecular weight excluding hydrogens is 269 g/mol. The molecule has 0 saturated heterocycles. The van der Waals surface area contributed by atoms with Crippen molar-refractivity contribution in [3.05, 3.63) is 71.5 Å². The molecule has 0 amide bonds. The molecule has 2 atom stereocenters. The zero-order valence-corrected chi connectivity index (χ0v) is 12.0. The first-order valence-corrected chi connectivity index (χ1v) is 6.76.